The van der Waals surface area contributed by atoms with Gasteiger partial charge in [-0.15, -0.1) is 11.8 Å². The van der Waals surface area contributed by atoms with Crippen molar-refractivity contribution < 1.29 is 9.90 Å². The third-order valence-electron chi connectivity index (χ3n) is 4.62. The van der Waals surface area contributed by atoms with E-state index >= 15 is 0 Å². The lowest BCUT2D eigenvalue weighted by Gasteiger charge is -2.32. The van der Waals surface area contributed by atoms with E-state index in [2.05, 4.69) is 22.3 Å². The van der Waals surface area contributed by atoms with Gasteiger partial charge in [-0.3, -0.25) is 4.79 Å². The van der Waals surface area contributed by atoms with E-state index in [1.54, 1.807) is 11.8 Å². The molecule has 0 aromatic heterocycles. The van der Waals surface area contributed by atoms with E-state index in [0.29, 0.717) is 6.54 Å². The Hall–Kier alpha value is -1.24. The van der Waals surface area contributed by atoms with Crippen LogP contribution >= 0.6 is 11.8 Å². The van der Waals surface area contributed by atoms with E-state index in [1.807, 2.05) is 12.1 Å². The summed E-state index contributed by atoms with van der Waals surface area (Å²) >= 11 is 1.69. The smallest absolute Gasteiger partial charge is 0.237 e. The average Bonchev–Trinajstić information content (AvgIpc) is 2.77. The molecule has 126 valence electrons. The van der Waals surface area contributed by atoms with Crippen molar-refractivity contribution >= 4 is 23.4 Å². The highest BCUT2D eigenvalue weighted by Crippen LogP contribution is 2.34. The molecule has 5 nitrogen and oxygen atoms in total. The number of hydrogen-bond acceptors (Lipinski definition) is 5. The minimum absolute atomic E-state index is 0.0640. The molecule has 1 aromatic rings. The normalized spacial score (nSPS) is 26.7. The van der Waals surface area contributed by atoms with Crippen LogP contribution in [-0.2, 0) is 4.79 Å². The maximum atomic E-state index is 12.5. The average molecular weight is 335 g/mol. The molecule has 3 rings (SSSR count). The molecule has 1 amide bonds. The van der Waals surface area contributed by atoms with E-state index in [4.69, 9.17) is 5.73 Å². The molecule has 2 saturated heterocycles. The van der Waals surface area contributed by atoms with Crippen LogP contribution in [0.3, 0.4) is 0 Å². The molecule has 1 aromatic carbocycles. The van der Waals surface area contributed by atoms with Crippen molar-refractivity contribution in [2.45, 2.75) is 36.7 Å². The van der Waals surface area contributed by atoms with Gasteiger partial charge in [-0.2, -0.15) is 0 Å². The lowest BCUT2D eigenvalue weighted by Crippen LogP contribution is -2.40. The summed E-state index contributed by atoms with van der Waals surface area (Å²) in [6.45, 7) is 2.23. The van der Waals surface area contributed by atoms with Crippen molar-refractivity contribution in [2.75, 3.05) is 30.3 Å². The molecule has 4 N–H and O–H groups in total. The second-order valence-corrected chi connectivity index (χ2v) is 7.51. The molecule has 2 aliphatic heterocycles. The number of amides is 1. The Kier molecular flexibility index (Phi) is 5.46. The summed E-state index contributed by atoms with van der Waals surface area (Å²) in [7, 11) is 0. The topological polar surface area (TPSA) is 78.6 Å². The maximum Gasteiger partial charge on any atom is 0.237 e. The van der Waals surface area contributed by atoms with Crippen LogP contribution in [0.1, 0.15) is 30.1 Å². The van der Waals surface area contributed by atoms with E-state index in [0.717, 1.165) is 49.4 Å². The summed E-state index contributed by atoms with van der Waals surface area (Å²) in [4.78, 5) is 14.8. The number of carbonyl (C=O) groups excluding carboxylic acids is 1. The van der Waals surface area contributed by atoms with Crippen LogP contribution in [-0.4, -0.2) is 48.5 Å². The monoisotopic (exact) mass is 335 g/mol. The molecule has 23 heavy (non-hydrogen) atoms. The van der Waals surface area contributed by atoms with Crippen LogP contribution in [0.2, 0.25) is 0 Å². The van der Waals surface area contributed by atoms with Gasteiger partial charge in [0.2, 0.25) is 5.91 Å². The molecular weight excluding hydrogens is 310 g/mol. The van der Waals surface area contributed by atoms with Crippen LogP contribution in [0, 0.1) is 0 Å². The van der Waals surface area contributed by atoms with E-state index in [-0.39, 0.29) is 23.3 Å². The number of aliphatic hydroxyl groups is 1. The van der Waals surface area contributed by atoms with Crippen molar-refractivity contribution in [3.63, 3.8) is 0 Å². The quantitative estimate of drug-likeness (QED) is 0.775. The third-order valence-corrected chi connectivity index (χ3v) is 5.91. The summed E-state index contributed by atoms with van der Waals surface area (Å²) in [5, 5.41) is 12.5. The van der Waals surface area contributed by atoms with E-state index < -0.39 is 0 Å². The van der Waals surface area contributed by atoms with Crippen molar-refractivity contribution in [1.82, 2.24) is 5.32 Å². The number of thioether (sulfide) groups is 1. The SMILES string of the molecule is NC[C@@H]1CCS[C@H](c2cccc(N3CCC(O)CC3)c2)C(=O)N1. The number of anilines is 1. The molecule has 0 radical (unpaired) electrons. The van der Waals surface area contributed by atoms with Gasteiger partial charge in [0.05, 0.1) is 6.10 Å². The first-order chi connectivity index (χ1) is 11.2. The summed E-state index contributed by atoms with van der Waals surface area (Å²) in [6.07, 6.45) is 2.36. The fourth-order valence-electron chi connectivity index (χ4n) is 3.19. The molecule has 0 spiro atoms. The highest BCUT2D eigenvalue weighted by Gasteiger charge is 2.27. The van der Waals surface area contributed by atoms with Gasteiger partial charge in [-0.1, -0.05) is 12.1 Å². The van der Waals surface area contributed by atoms with Crippen molar-refractivity contribution in [1.29, 1.82) is 0 Å². The Morgan fingerprint density at radius 1 is 1.30 bits per heavy atom. The van der Waals surface area contributed by atoms with Gasteiger partial charge in [0.25, 0.3) is 0 Å². The van der Waals surface area contributed by atoms with Gasteiger partial charge >= 0.3 is 0 Å². The molecule has 0 saturated carbocycles. The Balaban J connectivity index is 1.75. The first-order valence-electron chi connectivity index (χ1n) is 8.32. The third kappa shape index (κ3) is 4.00. The lowest BCUT2D eigenvalue weighted by molar-refractivity contribution is -0.121. The number of rotatable bonds is 3. The maximum absolute atomic E-state index is 12.5. The number of benzene rings is 1. The van der Waals surface area contributed by atoms with Gasteiger partial charge in [0.1, 0.15) is 5.25 Å². The van der Waals surface area contributed by atoms with Gasteiger partial charge in [-0.05, 0) is 42.7 Å². The highest BCUT2D eigenvalue weighted by atomic mass is 32.2. The number of hydrogen-bond donors (Lipinski definition) is 3. The molecule has 2 aliphatic rings. The summed E-state index contributed by atoms with van der Waals surface area (Å²) < 4.78 is 0. The molecule has 0 aliphatic carbocycles. The molecule has 2 atom stereocenters. The minimum Gasteiger partial charge on any atom is -0.393 e. The van der Waals surface area contributed by atoms with Gasteiger partial charge in [0.15, 0.2) is 0 Å². The van der Waals surface area contributed by atoms with Gasteiger partial charge in [0, 0.05) is 31.4 Å². The number of nitrogens with zero attached hydrogens (tertiary/aromatic N) is 1. The number of nitrogens with two attached hydrogens (primary N) is 1. The second-order valence-electron chi connectivity index (χ2n) is 6.29. The van der Waals surface area contributed by atoms with Crippen LogP contribution in [0.15, 0.2) is 24.3 Å². The highest BCUT2D eigenvalue weighted by molar-refractivity contribution is 8.00. The molecular formula is C17H25N3O2S. The zero-order valence-corrected chi connectivity index (χ0v) is 14.1. The molecule has 6 heteroatoms. The fraction of sp³-hybridized carbons (Fsp3) is 0.588. The summed E-state index contributed by atoms with van der Waals surface area (Å²) in [5.41, 5.74) is 7.89. The van der Waals surface area contributed by atoms with Crippen molar-refractivity contribution in [3.05, 3.63) is 29.8 Å². The Bertz CT molecular complexity index is 546. The molecule has 0 unspecified atom stereocenters. The van der Waals surface area contributed by atoms with Crippen LogP contribution in [0.25, 0.3) is 0 Å². The van der Waals surface area contributed by atoms with Gasteiger partial charge in [-0.25, -0.2) is 0 Å². The van der Waals surface area contributed by atoms with Gasteiger partial charge < -0.3 is 21.1 Å². The van der Waals surface area contributed by atoms with Crippen LogP contribution in [0.5, 0.6) is 0 Å². The fourth-order valence-corrected chi connectivity index (χ4v) is 4.40. The van der Waals surface area contributed by atoms with Crippen LogP contribution in [0.4, 0.5) is 5.69 Å². The molecule has 0 bridgehead atoms. The molecule has 2 fully saturated rings. The number of piperidine rings is 1. The predicted octanol–water partition coefficient (Wildman–Crippen LogP) is 1.27. The summed E-state index contributed by atoms with van der Waals surface area (Å²) in [5.74, 6) is 1.000. The van der Waals surface area contributed by atoms with Crippen molar-refractivity contribution in [3.8, 4) is 0 Å². The Labute approximate surface area is 141 Å². The Morgan fingerprint density at radius 2 is 2.09 bits per heavy atom. The number of nitrogens with one attached hydrogen (secondary N) is 1. The second kappa shape index (κ2) is 7.55. The zero-order valence-electron chi connectivity index (χ0n) is 13.3. The standard InChI is InChI=1S/C17H25N3O2S/c18-11-13-6-9-23-16(17(22)19-13)12-2-1-3-14(10-12)20-7-4-15(21)5-8-20/h1-3,10,13,15-16,21H,4-9,11,18H2,(H,19,22)/t13-,16+/m0/s1. The Morgan fingerprint density at radius 3 is 2.83 bits per heavy atom. The first kappa shape index (κ1) is 16.6. The molecule has 2 heterocycles. The lowest BCUT2D eigenvalue weighted by atomic mass is 10.1. The van der Waals surface area contributed by atoms with Crippen LogP contribution < -0.4 is 16.0 Å². The van der Waals surface area contributed by atoms with E-state index in [1.165, 1.54) is 0 Å². The summed E-state index contributed by atoms with van der Waals surface area (Å²) in [6, 6.07) is 8.35. The van der Waals surface area contributed by atoms with Crippen molar-refractivity contribution in [2.24, 2.45) is 5.73 Å². The zero-order chi connectivity index (χ0) is 16.2. The number of carbonyl (C=O) groups is 1. The predicted molar refractivity (Wildman–Crippen MR) is 94.7 cm³/mol. The van der Waals surface area contributed by atoms with E-state index in [9.17, 15) is 9.90 Å². The minimum atomic E-state index is -0.175. The largest absolute Gasteiger partial charge is 0.393 e. The first-order valence-corrected chi connectivity index (χ1v) is 9.37. The number of aliphatic hydroxyl groups excluding tert-OH is 1.